The van der Waals surface area contributed by atoms with Crippen LogP contribution in [0.3, 0.4) is 0 Å². The van der Waals surface area contributed by atoms with Gasteiger partial charge in [0, 0.05) is 25.9 Å². The van der Waals surface area contributed by atoms with Crippen LogP contribution in [-0.4, -0.2) is 47.8 Å². The fraction of sp³-hybridized carbons (Fsp3) is 0.909. The van der Waals surface area contributed by atoms with Gasteiger partial charge in [-0.1, -0.05) is 46.6 Å². The molecule has 0 bridgehead atoms. The number of hydrogen-bond donors (Lipinski definition) is 1. The molecule has 4 heteroatoms. The maximum absolute atomic E-state index is 10.3. The molecular weight excluding hydrogens is 326 g/mol. The van der Waals surface area contributed by atoms with Crippen LogP contribution in [0.25, 0.3) is 0 Å². The highest BCUT2D eigenvalue weighted by molar-refractivity contribution is 4.90. The number of hydrogen-bond acceptors (Lipinski definition) is 4. The number of aliphatic hydroxyl groups is 1. The molecule has 0 amide bonds. The van der Waals surface area contributed by atoms with Crippen LogP contribution in [0.5, 0.6) is 0 Å². The van der Waals surface area contributed by atoms with Gasteiger partial charge in [-0.25, -0.2) is 0 Å². The van der Waals surface area contributed by atoms with Gasteiger partial charge >= 0.3 is 0 Å². The van der Waals surface area contributed by atoms with Gasteiger partial charge in [0.15, 0.2) is 5.79 Å². The lowest BCUT2D eigenvalue weighted by Crippen LogP contribution is -2.40. The molecule has 2 rings (SSSR count). The second kappa shape index (κ2) is 9.68. The molecule has 0 aromatic heterocycles. The van der Waals surface area contributed by atoms with Gasteiger partial charge in [0.2, 0.25) is 0 Å². The van der Waals surface area contributed by atoms with E-state index in [1.807, 2.05) is 6.08 Å². The Bertz CT molecular complexity index is 429. The fourth-order valence-electron chi connectivity index (χ4n) is 4.43. The van der Waals surface area contributed by atoms with Crippen molar-refractivity contribution in [3.63, 3.8) is 0 Å². The molecular formula is C22H41NO3. The molecule has 26 heavy (non-hydrogen) atoms. The van der Waals surface area contributed by atoms with E-state index in [1.54, 1.807) is 0 Å². The molecule has 1 aliphatic heterocycles. The summed E-state index contributed by atoms with van der Waals surface area (Å²) in [5.74, 6) is 0.438. The molecule has 1 spiro atoms. The molecule has 152 valence electrons. The van der Waals surface area contributed by atoms with Crippen molar-refractivity contribution in [3.8, 4) is 0 Å². The molecule has 4 nitrogen and oxygen atoms in total. The minimum atomic E-state index is -0.388. The normalized spacial score (nSPS) is 30.8. The molecule has 1 aliphatic carbocycles. The molecule has 2 fully saturated rings. The molecule has 1 saturated carbocycles. The van der Waals surface area contributed by atoms with Crippen molar-refractivity contribution in [1.82, 2.24) is 4.90 Å². The van der Waals surface area contributed by atoms with E-state index in [0.717, 1.165) is 44.6 Å². The average molecular weight is 368 g/mol. The quantitative estimate of drug-likeness (QED) is 0.448. The van der Waals surface area contributed by atoms with Gasteiger partial charge in [-0.2, -0.15) is 0 Å². The van der Waals surface area contributed by atoms with Crippen molar-refractivity contribution >= 4 is 0 Å². The predicted octanol–water partition coefficient (Wildman–Crippen LogP) is 4.72. The first-order chi connectivity index (χ1) is 12.4. The molecule has 1 N–H and O–H groups in total. The number of rotatable bonds is 10. The van der Waals surface area contributed by atoms with Crippen LogP contribution in [0, 0.1) is 11.3 Å². The largest absolute Gasteiger partial charge is 0.378 e. The van der Waals surface area contributed by atoms with Gasteiger partial charge in [-0.3, -0.25) is 4.90 Å². The summed E-state index contributed by atoms with van der Waals surface area (Å²) in [7, 11) is 0. The van der Waals surface area contributed by atoms with E-state index >= 15 is 0 Å². The Hall–Kier alpha value is -0.420. The molecule has 1 saturated heterocycles. The summed E-state index contributed by atoms with van der Waals surface area (Å²) in [5, 5.41) is 10.3. The number of ether oxygens (including phenoxy) is 2. The summed E-state index contributed by atoms with van der Waals surface area (Å²) in [5.41, 5.74) is 0.417. The lowest BCUT2D eigenvalue weighted by atomic mass is 9.68. The van der Waals surface area contributed by atoms with Crippen LogP contribution >= 0.6 is 0 Å². The average Bonchev–Trinajstić information content (AvgIpc) is 3.01. The van der Waals surface area contributed by atoms with E-state index < -0.39 is 0 Å². The van der Waals surface area contributed by atoms with Crippen molar-refractivity contribution in [2.75, 3.05) is 19.7 Å². The number of aliphatic hydroxyl groups excluding tert-OH is 1. The first-order valence-corrected chi connectivity index (χ1v) is 10.7. The molecule has 1 heterocycles. The summed E-state index contributed by atoms with van der Waals surface area (Å²) < 4.78 is 12.6. The summed E-state index contributed by atoms with van der Waals surface area (Å²) in [6, 6.07) is 0. The first kappa shape index (κ1) is 21.9. The number of nitrogens with zero attached hydrogens (tertiary/aromatic N) is 1. The summed E-state index contributed by atoms with van der Waals surface area (Å²) in [6.45, 7) is 15.2. The Balaban J connectivity index is 1.80. The zero-order chi connectivity index (χ0) is 19.2. The van der Waals surface area contributed by atoms with Crippen molar-refractivity contribution in [2.45, 2.75) is 97.2 Å². The molecule has 0 radical (unpaired) electrons. The van der Waals surface area contributed by atoms with E-state index in [4.69, 9.17) is 9.47 Å². The zero-order valence-corrected chi connectivity index (χ0v) is 17.5. The fourth-order valence-corrected chi connectivity index (χ4v) is 4.43. The molecule has 0 aromatic carbocycles. The standard InChI is InChI=1S/C22H41NO3/c1-6-9-20(24)23(15-7-2)16-12-19-17-25-22(26-19)13-10-18(11-14-22)21(4,5)8-3/h7,18-20,24H,2,6,8-17H2,1,3-5H3. The summed E-state index contributed by atoms with van der Waals surface area (Å²) in [4.78, 5) is 2.09. The topological polar surface area (TPSA) is 41.9 Å². The van der Waals surface area contributed by atoms with Crippen molar-refractivity contribution in [1.29, 1.82) is 0 Å². The predicted molar refractivity (Wildman–Crippen MR) is 107 cm³/mol. The smallest absolute Gasteiger partial charge is 0.168 e. The lowest BCUT2D eigenvalue weighted by Gasteiger charge is -2.42. The summed E-state index contributed by atoms with van der Waals surface area (Å²) in [6.07, 6.45) is 9.98. The van der Waals surface area contributed by atoms with Gasteiger partial charge in [0.1, 0.15) is 6.23 Å². The van der Waals surface area contributed by atoms with Crippen LogP contribution < -0.4 is 0 Å². The highest BCUT2D eigenvalue weighted by Crippen LogP contribution is 2.47. The molecule has 0 aromatic rings. The third-order valence-corrected chi connectivity index (χ3v) is 6.75. The molecule has 2 unspecified atom stereocenters. The Morgan fingerprint density at radius 2 is 2.00 bits per heavy atom. The molecule has 2 aliphatic rings. The Labute approximate surface area is 160 Å². The van der Waals surface area contributed by atoms with E-state index in [9.17, 15) is 5.11 Å². The second-order valence-electron chi connectivity index (χ2n) is 8.92. The lowest BCUT2D eigenvalue weighted by molar-refractivity contribution is -0.198. The Morgan fingerprint density at radius 3 is 2.58 bits per heavy atom. The van der Waals surface area contributed by atoms with Crippen molar-refractivity contribution in [2.24, 2.45) is 11.3 Å². The maximum atomic E-state index is 10.3. The van der Waals surface area contributed by atoms with Crippen LogP contribution in [0.2, 0.25) is 0 Å². The van der Waals surface area contributed by atoms with Gasteiger partial charge in [0.25, 0.3) is 0 Å². The van der Waals surface area contributed by atoms with E-state index in [2.05, 4.69) is 39.2 Å². The Kier molecular flexibility index (Phi) is 8.14. The highest BCUT2D eigenvalue weighted by Gasteiger charge is 2.46. The van der Waals surface area contributed by atoms with Crippen LogP contribution in [0.4, 0.5) is 0 Å². The SMILES string of the molecule is C=CCN(CCC1COC2(CCC(C(C)(C)CC)CC2)O1)C(O)CCC. The maximum Gasteiger partial charge on any atom is 0.168 e. The third kappa shape index (κ3) is 5.54. The highest BCUT2D eigenvalue weighted by atomic mass is 16.7. The summed E-state index contributed by atoms with van der Waals surface area (Å²) >= 11 is 0. The molecule has 2 atom stereocenters. The second-order valence-corrected chi connectivity index (χ2v) is 8.92. The first-order valence-electron chi connectivity index (χ1n) is 10.7. The van der Waals surface area contributed by atoms with Crippen LogP contribution in [0.15, 0.2) is 12.7 Å². The Morgan fingerprint density at radius 1 is 1.31 bits per heavy atom. The van der Waals surface area contributed by atoms with Crippen molar-refractivity contribution in [3.05, 3.63) is 12.7 Å². The van der Waals surface area contributed by atoms with Gasteiger partial charge < -0.3 is 14.6 Å². The van der Waals surface area contributed by atoms with Gasteiger partial charge in [-0.05, 0) is 37.0 Å². The van der Waals surface area contributed by atoms with Crippen molar-refractivity contribution < 1.29 is 14.6 Å². The van der Waals surface area contributed by atoms with Crippen LogP contribution in [0.1, 0.15) is 79.1 Å². The minimum Gasteiger partial charge on any atom is -0.378 e. The minimum absolute atomic E-state index is 0.145. The third-order valence-electron chi connectivity index (χ3n) is 6.75. The van der Waals surface area contributed by atoms with E-state index in [1.165, 1.54) is 19.3 Å². The van der Waals surface area contributed by atoms with E-state index in [-0.39, 0.29) is 18.1 Å². The van der Waals surface area contributed by atoms with E-state index in [0.29, 0.717) is 18.6 Å². The van der Waals surface area contributed by atoms with Gasteiger partial charge in [-0.15, -0.1) is 6.58 Å². The van der Waals surface area contributed by atoms with Gasteiger partial charge in [0.05, 0.1) is 12.7 Å². The monoisotopic (exact) mass is 367 g/mol. The zero-order valence-electron chi connectivity index (χ0n) is 17.5. The van der Waals surface area contributed by atoms with Crippen LogP contribution in [-0.2, 0) is 9.47 Å².